The number of Topliss-reactive ketones (excluding diaryl/α,β-unsaturated/α-hetero) is 1. The Morgan fingerprint density at radius 3 is 2.39 bits per heavy atom. The predicted molar refractivity (Wildman–Crippen MR) is 109 cm³/mol. The second kappa shape index (κ2) is 9.91. The van der Waals surface area contributed by atoms with Crippen molar-refractivity contribution in [3.05, 3.63) is 89.0 Å². The van der Waals surface area contributed by atoms with Crippen LogP contribution in [-0.2, 0) is 19.4 Å². The molecule has 9 heteroatoms. The number of nitrogens with zero attached hydrogens (tertiary/aromatic N) is 1. The van der Waals surface area contributed by atoms with E-state index in [1.807, 2.05) is 30.3 Å². The van der Waals surface area contributed by atoms with Gasteiger partial charge in [0.25, 0.3) is 0 Å². The Labute approximate surface area is 184 Å². The normalized spacial score (nSPS) is 11.3. The Kier molecular flexibility index (Phi) is 7.27. The molecule has 3 rings (SSSR count). The molecule has 0 saturated carbocycles. The second-order valence-electron chi connectivity index (χ2n) is 6.43. The Morgan fingerprint density at radius 1 is 1.00 bits per heavy atom. The molecule has 0 aliphatic heterocycles. The number of hydrogen-bond donors (Lipinski definition) is 0. The van der Waals surface area contributed by atoms with Gasteiger partial charge < -0.3 is 9.47 Å². The van der Waals surface area contributed by atoms with Crippen LogP contribution in [0.5, 0.6) is 11.5 Å². The van der Waals surface area contributed by atoms with Gasteiger partial charge in [-0.3, -0.25) is 9.78 Å². The fourth-order valence-corrected chi connectivity index (χ4v) is 2.93. The monoisotopic (exact) mass is 497 g/mol. The highest BCUT2D eigenvalue weighted by molar-refractivity contribution is 9.09. The topological polar surface area (TPSA) is 48.4 Å². The largest absolute Gasteiger partial charge is 0.488 e. The molecule has 1 aromatic heterocycles. The number of aromatic nitrogens is 1. The minimum Gasteiger partial charge on any atom is -0.488 e. The van der Waals surface area contributed by atoms with Crippen molar-refractivity contribution >= 4 is 21.7 Å². The lowest BCUT2D eigenvalue weighted by Gasteiger charge is -2.14. The third kappa shape index (κ3) is 6.04. The van der Waals surface area contributed by atoms with E-state index in [0.717, 1.165) is 5.56 Å². The van der Waals surface area contributed by atoms with Crippen molar-refractivity contribution in [1.82, 2.24) is 4.98 Å². The van der Waals surface area contributed by atoms with Crippen LogP contribution in [0.25, 0.3) is 0 Å². The lowest BCUT2D eigenvalue weighted by molar-refractivity contribution is -0.138. The van der Waals surface area contributed by atoms with Crippen molar-refractivity contribution in [1.29, 1.82) is 0 Å². The smallest absolute Gasteiger partial charge is 0.417 e. The van der Waals surface area contributed by atoms with Gasteiger partial charge in [0.1, 0.15) is 36.2 Å². The molecule has 0 atom stereocenters. The van der Waals surface area contributed by atoms with Crippen LogP contribution in [0, 0.1) is 5.82 Å². The molecule has 3 aromatic rings. The van der Waals surface area contributed by atoms with Crippen LogP contribution >= 0.6 is 15.9 Å². The van der Waals surface area contributed by atoms with E-state index in [1.54, 1.807) is 0 Å². The zero-order chi connectivity index (χ0) is 22.4. The highest BCUT2D eigenvalue weighted by atomic mass is 79.9. The fraction of sp³-hybridized carbons (Fsp3) is 0.182. The number of halogens is 5. The van der Waals surface area contributed by atoms with E-state index in [4.69, 9.17) is 9.47 Å². The molecule has 0 bridgehead atoms. The van der Waals surface area contributed by atoms with Gasteiger partial charge in [0, 0.05) is 12.3 Å². The van der Waals surface area contributed by atoms with E-state index in [1.165, 1.54) is 18.2 Å². The maximum absolute atomic E-state index is 14.0. The Balaban J connectivity index is 1.76. The molecule has 162 valence electrons. The van der Waals surface area contributed by atoms with Crippen LogP contribution in [0.3, 0.4) is 0 Å². The predicted octanol–water partition coefficient (Wildman–Crippen LogP) is 5.98. The molecule has 0 unspecified atom stereocenters. The number of carbonyl (C=O) groups is 1. The number of alkyl halides is 4. The molecule has 31 heavy (non-hydrogen) atoms. The van der Waals surface area contributed by atoms with Crippen molar-refractivity contribution in [3.63, 3.8) is 0 Å². The minimum absolute atomic E-state index is 0.0928. The zero-order valence-electron chi connectivity index (χ0n) is 16.0. The first-order valence-corrected chi connectivity index (χ1v) is 10.1. The minimum atomic E-state index is -4.68. The van der Waals surface area contributed by atoms with Gasteiger partial charge in [-0.1, -0.05) is 46.3 Å². The van der Waals surface area contributed by atoms with Crippen molar-refractivity contribution in [2.24, 2.45) is 0 Å². The van der Waals surface area contributed by atoms with E-state index >= 15 is 0 Å². The highest BCUT2D eigenvalue weighted by Crippen LogP contribution is 2.30. The van der Waals surface area contributed by atoms with Gasteiger partial charge in [-0.15, -0.1) is 0 Å². The molecule has 4 nitrogen and oxygen atoms in total. The number of pyridine rings is 1. The van der Waals surface area contributed by atoms with Crippen LogP contribution in [0.1, 0.15) is 27.2 Å². The quantitative estimate of drug-likeness (QED) is 0.218. The Bertz CT molecular complexity index is 1060. The van der Waals surface area contributed by atoms with Crippen LogP contribution in [0.4, 0.5) is 17.6 Å². The molecule has 2 aromatic carbocycles. The van der Waals surface area contributed by atoms with Crippen molar-refractivity contribution in [2.45, 2.75) is 19.4 Å². The SMILES string of the molecule is O=C(CBr)c1ccc(OCc2ncc(C(F)(F)F)cc2F)cc1OCc1ccccc1. The Morgan fingerprint density at radius 2 is 1.74 bits per heavy atom. The summed E-state index contributed by atoms with van der Waals surface area (Å²) >= 11 is 3.12. The zero-order valence-corrected chi connectivity index (χ0v) is 17.5. The average molecular weight is 498 g/mol. The van der Waals surface area contributed by atoms with Gasteiger partial charge >= 0.3 is 6.18 Å². The molecule has 0 aliphatic rings. The van der Waals surface area contributed by atoms with Crippen LogP contribution < -0.4 is 9.47 Å². The van der Waals surface area contributed by atoms with E-state index < -0.39 is 24.2 Å². The van der Waals surface area contributed by atoms with Gasteiger partial charge in [-0.25, -0.2) is 4.39 Å². The van der Waals surface area contributed by atoms with Gasteiger partial charge in [0.2, 0.25) is 0 Å². The molecule has 1 heterocycles. The van der Waals surface area contributed by atoms with E-state index in [0.29, 0.717) is 17.8 Å². The van der Waals surface area contributed by atoms with Crippen molar-refractivity contribution in [3.8, 4) is 11.5 Å². The van der Waals surface area contributed by atoms with Crippen LogP contribution in [0.2, 0.25) is 0 Å². The second-order valence-corrected chi connectivity index (χ2v) is 6.99. The highest BCUT2D eigenvalue weighted by Gasteiger charge is 2.31. The van der Waals surface area contributed by atoms with Crippen molar-refractivity contribution < 1.29 is 31.8 Å². The number of ether oxygens (including phenoxy) is 2. The summed E-state index contributed by atoms with van der Waals surface area (Å²) in [5, 5.41) is 0.0928. The lowest BCUT2D eigenvalue weighted by Crippen LogP contribution is -2.09. The third-order valence-electron chi connectivity index (χ3n) is 4.23. The summed E-state index contributed by atoms with van der Waals surface area (Å²) in [7, 11) is 0. The van der Waals surface area contributed by atoms with E-state index in [-0.39, 0.29) is 34.9 Å². The lowest BCUT2D eigenvalue weighted by atomic mass is 10.1. The molecule has 0 spiro atoms. The third-order valence-corrected chi connectivity index (χ3v) is 4.74. The molecular weight excluding hydrogens is 482 g/mol. The van der Waals surface area contributed by atoms with Gasteiger partial charge in [0.15, 0.2) is 5.78 Å². The number of ketones is 1. The van der Waals surface area contributed by atoms with Gasteiger partial charge in [-0.2, -0.15) is 13.2 Å². The fourth-order valence-electron chi connectivity index (χ4n) is 2.63. The van der Waals surface area contributed by atoms with E-state index in [2.05, 4.69) is 20.9 Å². The summed E-state index contributed by atoms with van der Waals surface area (Å²) in [6, 6.07) is 14.2. The molecule has 0 aliphatic carbocycles. The summed E-state index contributed by atoms with van der Waals surface area (Å²) in [5.74, 6) is -0.812. The maximum Gasteiger partial charge on any atom is 0.417 e. The number of hydrogen-bond acceptors (Lipinski definition) is 4. The summed E-state index contributed by atoms with van der Waals surface area (Å²) in [6.45, 7) is -0.185. The molecule has 0 fully saturated rings. The van der Waals surface area contributed by atoms with Crippen LogP contribution in [-0.4, -0.2) is 16.1 Å². The molecule has 0 N–H and O–H groups in total. The first kappa shape index (κ1) is 22.7. The summed E-state index contributed by atoms with van der Waals surface area (Å²) in [4.78, 5) is 15.7. The Hall–Kier alpha value is -2.94. The molecule has 0 amide bonds. The summed E-state index contributed by atoms with van der Waals surface area (Å²) < 4.78 is 63.1. The van der Waals surface area contributed by atoms with Gasteiger partial charge in [0.05, 0.1) is 16.5 Å². The molecule has 0 radical (unpaired) electrons. The first-order valence-electron chi connectivity index (χ1n) is 9.02. The number of rotatable bonds is 8. The maximum atomic E-state index is 14.0. The van der Waals surface area contributed by atoms with Crippen LogP contribution in [0.15, 0.2) is 60.8 Å². The standard InChI is InChI=1S/C22H16BrF4NO3/c23-10-20(29)17-7-6-16(9-21(17)31-12-14-4-2-1-3-5-14)30-13-19-18(24)8-15(11-28-19)22(25,26)27/h1-9,11H,10,12-13H2. The van der Waals surface area contributed by atoms with Gasteiger partial charge in [-0.05, 0) is 23.8 Å². The molecular formula is C22H16BrF4NO3. The average Bonchev–Trinajstić information content (AvgIpc) is 2.76. The van der Waals surface area contributed by atoms with E-state index in [9.17, 15) is 22.4 Å². The number of carbonyl (C=O) groups excluding carboxylic acids is 1. The summed E-state index contributed by atoms with van der Waals surface area (Å²) in [5.41, 5.74) is -0.232. The van der Waals surface area contributed by atoms with Crippen molar-refractivity contribution in [2.75, 3.05) is 5.33 Å². The number of benzene rings is 2. The summed E-state index contributed by atoms with van der Waals surface area (Å²) in [6.07, 6.45) is -4.13. The first-order chi connectivity index (χ1) is 14.8. The molecule has 0 saturated heterocycles.